The number of rotatable bonds is 4. The number of carbonyl (C=O) groups is 1. The lowest BCUT2D eigenvalue weighted by atomic mass is 9.78. The first kappa shape index (κ1) is 16.7. The molecule has 1 aromatic rings. The summed E-state index contributed by atoms with van der Waals surface area (Å²) in [7, 11) is 0. The van der Waals surface area contributed by atoms with Gasteiger partial charge in [-0.2, -0.15) is 0 Å². The molecule has 0 aliphatic heterocycles. The summed E-state index contributed by atoms with van der Waals surface area (Å²) in [5, 5.41) is 23.0. The molecule has 2 saturated carbocycles. The van der Waals surface area contributed by atoms with Crippen molar-refractivity contribution in [1.82, 2.24) is 5.32 Å². The fraction of sp³-hybridized carbons (Fsp3) is 0.611. The quantitative estimate of drug-likeness (QED) is 0.790. The molecule has 0 bridgehead atoms. The topological polar surface area (TPSA) is 69.6 Å². The predicted octanol–water partition coefficient (Wildman–Crippen LogP) is 2.40. The standard InChI is InChI=1S/C18H24ClNO3/c19-14-5-3-13(4-6-14)18(7-1-2-8-18)17(23)20-15-9-12(11-21)16(22)10-15/h3-6,12,15-16,21-22H,1-2,7-11H2,(H,20,23)/t12-,15-,16+/m0/s1. The van der Waals surface area contributed by atoms with Crippen LogP contribution in [0.15, 0.2) is 24.3 Å². The Bertz CT molecular complexity index is 554. The number of hydrogen-bond donors (Lipinski definition) is 3. The van der Waals surface area contributed by atoms with Crippen molar-refractivity contribution in [2.24, 2.45) is 5.92 Å². The van der Waals surface area contributed by atoms with Gasteiger partial charge >= 0.3 is 0 Å². The second kappa shape index (κ2) is 6.80. The van der Waals surface area contributed by atoms with Crippen LogP contribution in [0, 0.1) is 5.92 Å². The van der Waals surface area contributed by atoms with Gasteiger partial charge in [0.25, 0.3) is 0 Å². The van der Waals surface area contributed by atoms with Gasteiger partial charge in [-0.05, 0) is 43.4 Å². The molecule has 126 valence electrons. The summed E-state index contributed by atoms with van der Waals surface area (Å²) >= 11 is 5.98. The van der Waals surface area contributed by atoms with E-state index in [1.807, 2.05) is 24.3 Å². The number of amides is 1. The molecule has 2 aliphatic carbocycles. The molecule has 0 unspecified atom stereocenters. The van der Waals surface area contributed by atoms with Gasteiger partial charge in [0.15, 0.2) is 0 Å². The lowest BCUT2D eigenvalue weighted by molar-refractivity contribution is -0.127. The highest BCUT2D eigenvalue weighted by Gasteiger charge is 2.44. The molecule has 1 amide bonds. The highest BCUT2D eigenvalue weighted by atomic mass is 35.5. The van der Waals surface area contributed by atoms with Crippen LogP contribution >= 0.6 is 11.6 Å². The van der Waals surface area contributed by atoms with Crippen LogP contribution in [0.3, 0.4) is 0 Å². The summed E-state index contributed by atoms with van der Waals surface area (Å²) in [6.07, 6.45) is 4.41. The Morgan fingerprint density at radius 3 is 2.43 bits per heavy atom. The highest BCUT2D eigenvalue weighted by molar-refractivity contribution is 6.30. The van der Waals surface area contributed by atoms with E-state index in [1.165, 1.54) is 0 Å². The third-order valence-corrected chi connectivity index (χ3v) is 5.77. The monoisotopic (exact) mass is 337 g/mol. The summed E-state index contributed by atoms with van der Waals surface area (Å²) in [5.74, 6) is -0.0801. The Morgan fingerprint density at radius 1 is 1.22 bits per heavy atom. The van der Waals surface area contributed by atoms with Gasteiger partial charge in [-0.3, -0.25) is 4.79 Å². The molecule has 2 fully saturated rings. The third-order valence-electron chi connectivity index (χ3n) is 5.52. The van der Waals surface area contributed by atoms with Crippen molar-refractivity contribution >= 4 is 17.5 Å². The number of hydrogen-bond acceptors (Lipinski definition) is 3. The summed E-state index contributed by atoms with van der Waals surface area (Å²) in [6.45, 7) is -0.0319. The number of halogens is 1. The fourth-order valence-corrected chi connectivity index (χ4v) is 4.26. The molecule has 4 nitrogen and oxygen atoms in total. The molecule has 3 rings (SSSR count). The Labute approximate surface area is 141 Å². The minimum atomic E-state index is -0.527. The normalized spacial score (nSPS) is 29.6. The Hall–Kier alpha value is -1.10. The fourth-order valence-electron chi connectivity index (χ4n) is 4.13. The Morgan fingerprint density at radius 2 is 1.87 bits per heavy atom. The highest BCUT2D eigenvalue weighted by Crippen LogP contribution is 2.42. The first-order chi connectivity index (χ1) is 11.0. The van der Waals surface area contributed by atoms with Crippen molar-refractivity contribution in [1.29, 1.82) is 0 Å². The molecule has 3 atom stereocenters. The second-order valence-corrected chi connectivity index (χ2v) is 7.38. The van der Waals surface area contributed by atoms with Crippen molar-refractivity contribution in [3.8, 4) is 0 Å². The van der Waals surface area contributed by atoms with Gasteiger partial charge in [0.05, 0.1) is 11.5 Å². The lowest BCUT2D eigenvalue weighted by Gasteiger charge is -2.30. The van der Waals surface area contributed by atoms with Crippen molar-refractivity contribution in [3.05, 3.63) is 34.9 Å². The molecule has 1 aromatic carbocycles. The van der Waals surface area contributed by atoms with Crippen molar-refractivity contribution in [2.75, 3.05) is 6.61 Å². The molecule has 5 heteroatoms. The zero-order valence-electron chi connectivity index (χ0n) is 13.2. The molecule has 2 aliphatic rings. The summed E-state index contributed by atoms with van der Waals surface area (Å²) in [5.41, 5.74) is 0.543. The zero-order valence-corrected chi connectivity index (χ0v) is 13.9. The average molecular weight is 338 g/mol. The van der Waals surface area contributed by atoms with Crippen LogP contribution in [-0.2, 0) is 10.2 Å². The van der Waals surface area contributed by atoms with E-state index in [-0.39, 0.29) is 24.5 Å². The molecule has 0 spiro atoms. The van der Waals surface area contributed by atoms with Crippen LogP contribution in [0.5, 0.6) is 0 Å². The van der Waals surface area contributed by atoms with Crippen LogP contribution in [0.2, 0.25) is 5.02 Å². The predicted molar refractivity (Wildman–Crippen MR) is 89.3 cm³/mol. The van der Waals surface area contributed by atoms with Gasteiger partial charge in [0, 0.05) is 23.6 Å². The van der Waals surface area contributed by atoms with Crippen LogP contribution in [-0.4, -0.2) is 34.9 Å². The number of aliphatic hydroxyl groups excluding tert-OH is 2. The maximum atomic E-state index is 13.0. The number of carbonyl (C=O) groups excluding carboxylic acids is 1. The first-order valence-electron chi connectivity index (χ1n) is 8.41. The van der Waals surface area contributed by atoms with E-state index in [9.17, 15) is 15.0 Å². The largest absolute Gasteiger partial charge is 0.396 e. The molecule has 0 aromatic heterocycles. The van der Waals surface area contributed by atoms with E-state index in [1.54, 1.807) is 0 Å². The minimum absolute atomic E-state index is 0.0319. The van der Waals surface area contributed by atoms with Gasteiger partial charge in [-0.1, -0.05) is 36.6 Å². The maximum Gasteiger partial charge on any atom is 0.230 e. The summed E-state index contributed by atoms with van der Waals surface area (Å²) < 4.78 is 0. The zero-order chi connectivity index (χ0) is 16.4. The SMILES string of the molecule is O=C(N[C@H]1C[C@@H](CO)[C@H](O)C1)C1(c2ccc(Cl)cc2)CCCC1. The smallest absolute Gasteiger partial charge is 0.230 e. The molecular weight excluding hydrogens is 314 g/mol. The molecular formula is C18H24ClNO3. The molecule has 23 heavy (non-hydrogen) atoms. The van der Waals surface area contributed by atoms with E-state index in [4.69, 9.17) is 11.6 Å². The first-order valence-corrected chi connectivity index (χ1v) is 8.79. The van der Waals surface area contributed by atoms with Crippen LogP contribution in [0.25, 0.3) is 0 Å². The lowest BCUT2D eigenvalue weighted by Crippen LogP contribution is -2.46. The Balaban J connectivity index is 1.76. The van der Waals surface area contributed by atoms with E-state index in [2.05, 4.69) is 5.32 Å². The van der Waals surface area contributed by atoms with E-state index in [0.29, 0.717) is 17.9 Å². The average Bonchev–Trinajstić information content (AvgIpc) is 3.15. The minimum Gasteiger partial charge on any atom is -0.396 e. The number of aliphatic hydroxyl groups is 2. The van der Waals surface area contributed by atoms with E-state index in [0.717, 1.165) is 31.2 Å². The second-order valence-electron chi connectivity index (χ2n) is 6.95. The van der Waals surface area contributed by atoms with Crippen molar-refractivity contribution < 1.29 is 15.0 Å². The molecule has 0 radical (unpaired) electrons. The van der Waals surface area contributed by atoms with Gasteiger partial charge < -0.3 is 15.5 Å². The van der Waals surface area contributed by atoms with Crippen LogP contribution in [0.1, 0.15) is 44.1 Å². The number of nitrogens with one attached hydrogen (secondary N) is 1. The molecule has 0 saturated heterocycles. The van der Waals surface area contributed by atoms with Gasteiger partial charge in [-0.15, -0.1) is 0 Å². The van der Waals surface area contributed by atoms with Crippen LogP contribution in [0.4, 0.5) is 0 Å². The third kappa shape index (κ3) is 3.25. The summed E-state index contributed by atoms with van der Waals surface area (Å²) in [4.78, 5) is 13.0. The van der Waals surface area contributed by atoms with Gasteiger partial charge in [0.1, 0.15) is 0 Å². The van der Waals surface area contributed by atoms with Crippen molar-refractivity contribution in [2.45, 2.75) is 56.1 Å². The van der Waals surface area contributed by atoms with Gasteiger partial charge in [0.2, 0.25) is 5.91 Å². The van der Waals surface area contributed by atoms with Crippen LogP contribution < -0.4 is 5.32 Å². The van der Waals surface area contributed by atoms with Gasteiger partial charge in [-0.25, -0.2) is 0 Å². The maximum absolute atomic E-state index is 13.0. The Kier molecular flexibility index (Phi) is 4.95. The summed E-state index contributed by atoms with van der Waals surface area (Å²) in [6, 6.07) is 7.52. The van der Waals surface area contributed by atoms with Crippen molar-refractivity contribution in [3.63, 3.8) is 0 Å². The number of benzene rings is 1. The van der Waals surface area contributed by atoms with E-state index >= 15 is 0 Å². The van der Waals surface area contributed by atoms with E-state index < -0.39 is 11.5 Å². The molecule has 3 N–H and O–H groups in total. The molecule has 0 heterocycles.